The summed E-state index contributed by atoms with van der Waals surface area (Å²) in [6, 6.07) is 11.0. The molecule has 1 heterocycles. The molecule has 0 fully saturated rings. The third-order valence-electron chi connectivity index (χ3n) is 4.38. The van der Waals surface area contributed by atoms with Gasteiger partial charge in [0, 0.05) is 27.7 Å². The lowest BCUT2D eigenvalue weighted by Crippen LogP contribution is -2.43. The number of rotatable bonds is 6. The number of likely N-dealkylation sites (N-methyl/N-ethyl adjacent to an activating group) is 1. The average Bonchev–Trinajstić information content (AvgIpc) is 2.60. The molecule has 5 nitrogen and oxygen atoms in total. The first kappa shape index (κ1) is 18.8. The Morgan fingerprint density at radius 1 is 1.31 bits per heavy atom. The summed E-state index contributed by atoms with van der Waals surface area (Å²) in [5.74, 6) is 0.574. The van der Waals surface area contributed by atoms with E-state index in [-0.39, 0.29) is 19.2 Å². The third-order valence-corrected chi connectivity index (χ3v) is 5.09. The van der Waals surface area contributed by atoms with Gasteiger partial charge in [-0.2, -0.15) is 0 Å². The molecule has 1 aliphatic rings. The maximum atomic E-state index is 10.9. The molecule has 138 valence electrons. The minimum Gasteiger partial charge on any atom is -0.492 e. The summed E-state index contributed by atoms with van der Waals surface area (Å²) in [7, 11) is 1.79. The van der Waals surface area contributed by atoms with Crippen LogP contribution in [0.15, 0.2) is 36.4 Å². The van der Waals surface area contributed by atoms with E-state index in [1.54, 1.807) is 30.1 Å². The molecule has 3 rings (SSSR count). The Balaban J connectivity index is 1.66. The van der Waals surface area contributed by atoms with E-state index in [1.165, 1.54) is 0 Å². The van der Waals surface area contributed by atoms with Crippen molar-refractivity contribution in [3.63, 3.8) is 0 Å². The van der Waals surface area contributed by atoms with Gasteiger partial charge in [-0.05, 0) is 37.2 Å². The van der Waals surface area contributed by atoms with E-state index in [2.05, 4.69) is 0 Å². The molecule has 1 unspecified atom stereocenters. The summed E-state index contributed by atoms with van der Waals surface area (Å²) < 4.78 is 11.6. The number of aliphatic carboxylic acids is 1. The van der Waals surface area contributed by atoms with Crippen molar-refractivity contribution in [2.45, 2.75) is 19.1 Å². The number of halogens is 2. The number of carbonyl (C=O) groups is 1. The average molecular weight is 396 g/mol. The van der Waals surface area contributed by atoms with Crippen molar-refractivity contribution in [3.05, 3.63) is 57.6 Å². The predicted molar refractivity (Wildman–Crippen MR) is 100 cm³/mol. The Bertz CT molecular complexity index is 792. The first-order chi connectivity index (χ1) is 12.4. The van der Waals surface area contributed by atoms with Gasteiger partial charge in [-0.1, -0.05) is 35.3 Å². The minimum absolute atomic E-state index is 0.0108. The molecular formula is C19H19Cl2NO4. The molecule has 7 heteroatoms. The van der Waals surface area contributed by atoms with Gasteiger partial charge < -0.3 is 14.6 Å². The summed E-state index contributed by atoms with van der Waals surface area (Å²) >= 11 is 12.3. The minimum atomic E-state index is -0.847. The fourth-order valence-electron chi connectivity index (χ4n) is 2.88. The highest BCUT2D eigenvalue weighted by atomic mass is 35.5. The van der Waals surface area contributed by atoms with Crippen LogP contribution in [0.5, 0.6) is 11.5 Å². The number of ether oxygens (including phenoxy) is 2. The SMILES string of the molecule is CN(CC(=O)O)C1COc2cc(OCc3c(Cl)cccc3Cl)ccc2C1. The summed E-state index contributed by atoms with van der Waals surface area (Å²) in [5, 5.41) is 10.1. The van der Waals surface area contributed by atoms with Crippen LogP contribution in [0.2, 0.25) is 10.0 Å². The Hall–Kier alpha value is -1.95. The molecule has 2 aromatic rings. The summed E-state index contributed by atoms with van der Waals surface area (Å²) in [4.78, 5) is 12.6. The summed E-state index contributed by atoms with van der Waals surface area (Å²) in [6.07, 6.45) is 0.732. The number of nitrogens with zero attached hydrogens (tertiary/aromatic N) is 1. The van der Waals surface area contributed by atoms with E-state index < -0.39 is 5.97 Å². The zero-order valence-corrected chi connectivity index (χ0v) is 15.8. The number of fused-ring (bicyclic) bond motifs is 1. The van der Waals surface area contributed by atoms with Crippen molar-refractivity contribution in [1.82, 2.24) is 4.90 Å². The van der Waals surface area contributed by atoms with Crippen LogP contribution >= 0.6 is 23.2 Å². The van der Waals surface area contributed by atoms with E-state index >= 15 is 0 Å². The molecule has 0 spiro atoms. The molecule has 1 atom stereocenters. The van der Waals surface area contributed by atoms with Crippen LogP contribution in [0.25, 0.3) is 0 Å². The van der Waals surface area contributed by atoms with Gasteiger partial charge >= 0.3 is 5.97 Å². The Morgan fingerprint density at radius 3 is 2.73 bits per heavy atom. The number of hydrogen-bond acceptors (Lipinski definition) is 4. The van der Waals surface area contributed by atoms with Crippen LogP contribution in [0, 0.1) is 0 Å². The molecule has 1 N–H and O–H groups in total. The van der Waals surface area contributed by atoms with Gasteiger partial charge in [0.15, 0.2) is 0 Å². The lowest BCUT2D eigenvalue weighted by atomic mass is 10.0. The van der Waals surface area contributed by atoms with E-state index in [0.29, 0.717) is 22.4 Å². The van der Waals surface area contributed by atoms with Gasteiger partial charge in [0.1, 0.15) is 24.7 Å². The second-order valence-corrected chi connectivity index (χ2v) is 7.05. The molecule has 0 aliphatic carbocycles. The van der Waals surface area contributed by atoms with Crippen molar-refractivity contribution >= 4 is 29.2 Å². The predicted octanol–water partition coefficient (Wildman–Crippen LogP) is 3.89. The molecule has 0 saturated carbocycles. The maximum Gasteiger partial charge on any atom is 0.317 e. The first-order valence-corrected chi connectivity index (χ1v) is 8.93. The van der Waals surface area contributed by atoms with Crippen LogP contribution in [-0.2, 0) is 17.8 Å². The largest absolute Gasteiger partial charge is 0.492 e. The summed E-state index contributed by atoms with van der Waals surface area (Å²) in [6.45, 7) is 0.695. The highest BCUT2D eigenvalue weighted by Crippen LogP contribution is 2.32. The number of carboxylic acids is 1. The fraction of sp³-hybridized carbons (Fsp3) is 0.316. The van der Waals surface area contributed by atoms with Gasteiger partial charge in [-0.15, -0.1) is 0 Å². The molecule has 0 aromatic heterocycles. The van der Waals surface area contributed by atoms with E-state index in [0.717, 1.165) is 23.3 Å². The second-order valence-electron chi connectivity index (χ2n) is 6.24. The zero-order valence-electron chi connectivity index (χ0n) is 14.2. The Kier molecular flexibility index (Phi) is 5.91. The lowest BCUT2D eigenvalue weighted by molar-refractivity contribution is -0.138. The molecular weight excluding hydrogens is 377 g/mol. The normalized spacial score (nSPS) is 16.1. The van der Waals surface area contributed by atoms with Crippen LogP contribution in [0.3, 0.4) is 0 Å². The van der Waals surface area contributed by atoms with Crippen molar-refractivity contribution in [3.8, 4) is 11.5 Å². The standard InChI is InChI=1S/C19H19Cl2NO4/c1-22(9-19(23)24)13-7-12-5-6-14(8-18(12)26-10-13)25-11-15-16(20)3-2-4-17(15)21/h2-6,8,13H,7,9-11H2,1H3,(H,23,24). The van der Waals surface area contributed by atoms with Crippen LogP contribution < -0.4 is 9.47 Å². The van der Waals surface area contributed by atoms with Gasteiger partial charge in [0.25, 0.3) is 0 Å². The third kappa shape index (κ3) is 4.41. The molecule has 0 amide bonds. The molecule has 0 bridgehead atoms. The molecule has 1 aliphatic heterocycles. The number of carboxylic acid groups (broad SMARTS) is 1. The van der Waals surface area contributed by atoms with Crippen molar-refractivity contribution in [2.75, 3.05) is 20.2 Å². The Labute approximate surface area is 162 Å². The lowest BCUT2D eigenvalue weighted by Gasteiger charge is -2.31. The molecule has 0 radical (unpaired) electrons. The summed E-state index contributed by atoms with van der Waals surface area (Å²) in [5.41, 5.74) is 1.77. The molecule has 26 heavy (non-hydrogen) atoms. The van der Waals surface area contributed by atoms with Crippen LogP contribution in [-0.4, -0.2) is 42.2 Å². The van der Waals surface area contributed by atoms with Gasteiger partial charge in [0.2, 0.25) is 0 Å². The number of benzene rings is 2. The van der Waals surface area contributed by atoms with Crippen molar-refractivity contribution < 1.29 is 19.4 Å². The highest BCUT2D eigenvalue weighted by molar-refractivity contribution is 6.35. The molecule has 2 aromatic carbocycles. The topological polar surface area (TPSA) is 59.0 Å². The van der Waals surface area contributed by atoms with Crippen molar-refractivity contribution in [2.24, 2.45) is 0 Å². The van der Waals surface area contributed by atoms with Crippen LogP contribution in [0.4, 0.5) is 0 Å². The zero-order chi connectivity index (χ0) is 18.7. The maximum absolute atomic E-state index is 10.9. The molecule has 0 saturated heterocycles. The van der Waals surface area contributed by atoms with Gasteiger partial charge in [0.05, 0.1) is 6.54 Å². The van der Waals surface area contributed by atoms with E-state index in [9.17, 15) is 4.79 Å². The van der Waals surface area contributed by atoms with Crippen LogP contribution in [0.1, 0.15) is 11.1 Å². The van der Waals surface area contributed by atoms with E-state index in [1.807, 2.05) is 18.2 Å². The number of hydrogen-bond donors (Lipinski definition) is 1. The van der Waals surface area contributed by atoms with E-state index in [4.69, 9.17) is 37.8 Å². The van der Waals surface area contributed by atoms with Crippen molar-refractivity contribution in [1.29, 1.82) is 0 Å². The van der Waals surface area contributed by atoms with Gasteiger partial charge in [-0.3, -0.25) is 9.69 Å². The smallest absolute Gasteiger partial charge is 0.317 e. The monoisotopic (exact) mass is 395 g/mol. The first-order valence-electron chi connectivity index (χ1n) is 8.17. The quantitative estimate of drug-likeness (QED) is 0.803. The van der Waals surface area contributed by atoms with Gasteiger partial charge in [-0.25, -0.2) is 0 Å². The Morgan fingerprint density at radius 2 is 2.04 bits per heavy atom. The fourth-order valence-corrected chi connectivity index (χ4v) is 3.38. The second kappa shape index (κ2) is 8.16. The highest BCUT2D eigenvalue weighted by Gasteiger charge is 2.24.